The highest BCUT2D eigenvalue weighted by Crippen LogP contribution is 2.49. The van der Waals surface area contributed by atoms with Crippen molar-refractivity contribution in [3.05, 3.63) is 82.7 Å². The van der Waals surface area contributed by atoms with Gasteiger partial charge in [-0.2, -0.15) is 0 Å². The van der Waals surface area contributed by atoms with Gasteiger partial charge in [-0.1, -0.05) is 18.2 Å². The van der Waals surface area contributed by atoms with Gasteiger partial charge in [-0.05, 0) is 75.0 Å². The van der Waals surface area contributed by atoms with Gasteiger partial charge in [0.1, 0.15) is 11.6 Å². The second-order valence-corrected chi connectivity index (χ2v) is 11.5. The number of fused-ring (bicyclic) bond motifs is 1. The topological polar surface area (TPSA) is 86.1 Å². The third-order valence-corrected chi connectivity index (χ3v) is 8.45. The Labute approximate surface area is 239 Å². The largest absolute Gasteiger partial charge is 0.478 e. The molecule has 8 nitrogen and oxygen atoms in total. The van der Waals surface area contributed by atoms with Gasteiger partial charge in [-0.25, -0.2) is 14.2 Å². The van der Waals surface area contributed by atoms with E-state index in [0.717, 1.165) is 74.2 Å². The van der Waals surface area contributed by atoms with E-state index >= 15 is 0 Å². The minimum absolute atomic E-state index is 0.291. The molecule has 0 amide bonds. The van der Waals surface area contributed by atoms with Crippen LogP contribution in [-0.4, -0.2) is 51.8 Å². The van der Waals surface area contributed by atoms with Crippen LogP contribution in [0.2, 0.25) is 0 Å². The molecule has 2 saturated heterocycles. The molecule has 4 heterocycles. The van der Waals surface area contributed by atoms with Gasteiger partial charge in [0, 0.05) is 37.6 Å². The second kappa shape index (κ2) is 11.3. The maximum Gasteiger partial charge on any atom is 0.328 e. The lowest BCUT2D eigenvalue weighted by Crippen LogP contribution is -2.34. The standard InChI is InChI=1S/C32H36FN3O5/c1-21-6-8-26(27(33)16-21)32(2)40-28-5-3-4-25(31(28)41-32)23-10-13-35(14-11-23)19-29-34-17-24(7-9-30(37)38)36(29)18-22-12-15-39-20-22/h3-9,16-17,22-23H,10-15,18-20H2,1-2H3,(H,37,38)/b9-7+/t22-,32?/m0/s1. The zero-order valence-corrected chi connectivity index (χ0v) is 23.5. The molecule has 216 valence electrons. The molecule has 3 aliphatic rings. The maximum absolute atomic E-state index is 14.9. The summed E-state index contributed by atoms with van der Waals surface area (Å²) in [4.78, 5) is 18.2. The lowest BCUT2D eigenvalue weighted by Gasteiger charge is -2.32. The van der Waals surface area contributed by atoms with Gasteiger partial charge in [0.15, 0.2) is 11.5 Å². The number of ether oxygens (including phenoxy) is 3. The summed E-state index contributed by atoms with van der Waals surface area (Å²) in [6.45, 7) is 8.34. The van der Waals surface area contributed by atoms with Crippen LogP contribution in [0.1, 0.15) is 60.3 Å². The number of aromatic nitrogens is 2. The molecule has 9 heteroatoms. The number of hydrogen-bond donors (Lipinski definition) is 1. The van der Waals surface area contributed by atoms with Crippen LogP contribution >= 0.6 is 0 Å². The highest BCUT2D eigenvalue weighted by Gasteiger charge is 2.42. The van der Waals surface area contributed by atoms with Gasteiger partial charge in [0.25, 0.3) is 5.79 Å². The van der Waals surface area contributed by atoms with Crippen LogP contribution in [-0.2, 0) is 28.4 Å². The average molecular weight is 562 g/mol. The first-order valence-electron chi connectivity index (χ1n) is 14.3. The predicted molar refractivity (Wildman–Crippen MR) is 151 cm³/mol. The number of likely N-dealkylation sites (tertiary alicyclic amines) is 1. The highest BCUT2D eigenvalue weighted by atomic mass is 19.1. The third kappa shape index (κ3) is 5.74. The molecule has 3 aliphatic heterocycles. The Morgan fingerprint density at radius 2 is 2.02 bits per heavy atom. The van der Waals surface area contributed by atoms with Crippen molar-refractivity contribution in [1.29, 1.82) is 0 Å². The molecule has 1 unspecified atom stereocenters. The van der Waals surface area contributed by atoms with E-state index in [4.69, 9.17) is 19.3 Å². The van der Waals surface area contributed by atoms with E-state index in [2.05, 4.69) is 20.5 Å². The number of rotatable bonds is 8. The smallest absolute Gasteiger partial charge is 0.328 e. The van der Waals surface area contributed by atoms with E-state index in [1.807, 2.05) is 25.1 Å². The van der Waals surface area contributed by atoms with Gasteiger partial charge in [-0.15, -0.1) is 0 Å². The van der Waals surface area contributed by atoms with Crippen LogP contribution < -0.4 is 9.47 Å². The van der Waals surface area contributed by atoms with Crippen LogP contribution in [0.5, 0.6) is 11.5 Å². The van der Waals surface area contributed by atoms with E-state index in [0.29, 0.717) is 42.0 Å². The SMILES string of the molecule is Cc1ccc(C2(C)Oc3cccc(C4CCN(Cc5ncc(/C=C/C(=O)O)n5C[C@@H]5CCOC5)CC4)c3O2)c(F)c1. The first-order chi connectivity index (χ1) is 19.8. The number of carbonyl (C=O) groups is 1. The summed E-state index contributed by atoms with van der Waals surface area (Å²) in [6.07, 6.45) is 7.42. The number of aliphatic carboxylic acids is 1. The van der Waals surface area contributed by atoms with E-state index < -0.39 is 11.8 Å². The molecule has 1 aromatic heterocycles. The Balaban J connectivity index is 1.14. The van der Waals surface area contributed by atoms with E-state index in [1.54, 1.807) is 25.3 Å². The van der Waals surface area contributed by atoms with Gasteiger partial charge >= 0.3 is 5.97 Å². The van der Waals surface area contributed by atoms with Crippen molar-refractivity contribution in [2.45, 2.75) is 57.9 Å². The minimum Gasteiger partial charge on any atom is -0.478 e. The first kappa shape index (κ1) is 27.5. The zero-order chi connectivity index (χ0) is 28.6. The normalized spacial score (nSPS) is 23.0. The monoisotopic (exact) mass is 561 g/mol. The van der Waals surface area contributed by atoms with Crippen molar-refractivity contribution in [1.82, 2.24) is 14.5 Å². The van der Waals surface area contributed by atoms with Crippen molar-refractivity contribution < 1.29 is 28.5 Å². The molecule has 0 aliphatic carbocycles. The van der Waals surface area contributed by atoms with Gasteiger partial charge in [0.2, 0.25) is 0 Å². The number of aryl methyl sites for hydroxylation is 1. The average Bonchev–Trinajstić information content (AvgIpc) is 3.67. The first-order valence-corrected chi connectivity index (χ1v) is 14.3. The quantitative estimate of drug-likeness (QED) is 0.364. The van der Waals surface area contributed by atoms with Crippen LogP contribution in [0.3, 0.4) is 0 Å². The highest BCUT2D eigenvalue weighted by molar-refractivity contribution is 5.84. The molecular formula is C32H36FN3O5. The van der Waals surface area contributed by atoms with Crippen molar-refractivity contribution in [3.63, 3.8) is 0 Å². The molecule has 0 saturated carbocycles. The second-order valence-electron chi connectivity index (χ2n) is 11.5. The lowest BCUT2D eigenvalue weighted by atomic mass is 9.88. The summed E-state index contributed by atoms with van der Waals surface area (Å²) >= 11 is 0. The van der Waals surface area contributed by atoms with Crippen molar-refractivity contribution in [3.8, 4) is 11.5 Å². The van der Waals surface area contributed by atoms with Crippen LogP contribution in [0.25, 0.3) is 6.08 Å². The Morgan fingerprint density at radius 3 is 2.76 bits per heavy atom. The Hall–Kier alpha value is -3.69. The molecule has 41 heavy (non-hydrogen) atoms. The summed E-state index contributed by atoms with van der Waals surface area (Å²) in [7, 11) is 0. The van der Waals surface area contributed by atoms with Crippen LogP contribution in [0.15, 0.2) is 48.7 Å². The summed E-state index contributed by atoms with van der Waals surface area (Å²) in [5.41, 5.74) is 3.13. The van der Waals surface area contributed by atoms with E-state index in [9.17, 15) is 9.18 Å². The summed E-state index contributed by atoms with van der Waals surface area (Å²) in [5, 5.41) is 9.13. The van der Waals surface area contributed by atoms with Gasteiger partial charge in [-0.3, -0.25) is 4.90 Å². The molecule has 0 bridgehead atoms. The molecule has 0 spiro atoms. The number of carboxylic acid groups (broad SMARTS) is 1. The maximum atomic E-state index is 14.9. The number of imidazole rings is 1. The summed E-state index contributed by atoms with van der Waals surface area (Å²) in [5.74, 6) is 0.447. The lowest BCUT2D eigenvalue weighted by molar-refractivity contribution is -0.131. The number of nitrogens with zero attached hydrogens (tertiary/aromatic N) is 3. The van der Waals surface area contributed by atoms with Gasteiger partial charge in [0.05, 0.1) is 30.6 Å². The van der Waals surface area contributed by atoms with E-state index in [-0.39, 0.29) is 5.82 Å². The molecular weight excluding hydrogens is 525 g/mol. The number of para-hydroxylation sites is 1. The third-order valence-electron chi connectivity index (χ3n) is 8.45. The molecule has 3 aromatic rings. The number of carboxylic acids is 1. The molecule has 2 atom stereocenters. The number of benzene rings is 2. The molecule has 2 fully saturated rings. The van der Waals surface area contributed by atoms with Crippen LogP contribution in [0, 0.1) is 18.7 Å². The van der Waals surface area contributed by atoms with E-state index in [1.165, 1.54) is 6.07 Å². The summed E-state index contributed by atoms with van der Waals surface area (Å²) in [6, 6.07) is 11.1. The van der Waals surface area contributed by atoms with Crippen molar-refractivity contribution in [2.24, 2.45) is 5.92 Å². The van der Waals surface area contributed by atoms with Gasteiger partial charge < -0.3 is 23.9 Å². The fourth-order valence-corrected chi connectivity index (χ4v) is 6.21. The minimum atomic E-state index is -1.22. The molecule has 1 N–H and O–H groups in total. The predicted octanol–water partition coefficient (Wildman–Crippen LogP) is 5.49. The Kier molecular flexibility index (Phi) is 7.57. The summed E-state index contributed by atoms with van der Waals surface area (Å²) < 4.78 is 35.2. The van der Waals surface area contributed by atoms with Crippen molar-refractivity contribution >= 4 is 12.0 Å². The fraction of sp³-hybridized carbons (Fsp3) is 0.438. The Morgan fingerprint density at radius 1 is 1.20 bits per heavy atom. The number of hydrogen-bond acceptors (Lipinski definition) is 6. The fourth-order valence-electron chi connectivity index (χ4n) is 6.21. The van der Waals surface area contributed by atoms with Crippen LogP contribution in [0.4, 0.5) is 4.39 Å². The Bertz CT molecular complexity index is 1460. The number of piperidine rings is 1. The zero-order valence-electron chi connectivity index (χ0n) is 23.5. The molecule has 0 radical (unpaired) electrons. The molecule has 2 aromatic carbocycles. The number of halogens is 1. The van der Waals surface area contributed by atoms with Crippen molar-refractivity contribution in [2.75, 3.05) is 26.3 Å². The molecule has 6 rings (SSSR count).